The van der Waals surface area contributed by atoms with Gasteiger partial charge in [0.15, 0.2) is 0 Å². The van der Waals surface area contributed by atoms with E-state index in [9.17, 15) is 18.0 Å². The van der Waals surface area contributed by atoms with Crippen LogP contribution in [0, 0.1) is 0 Å². The minimum Gasteiger partial charge on any atom is -0.350 e. The number of hydrogen-bond acceptors (Lipinski definition) is 4. The Morgan fingerprint density at radius 3 is 2.33 bits per heavy atom. The van der Waals surface area contributed by atoms with Gasteiger partial charge in [0.25, 0.3) is 0 Å². The molecule has 1 heterocycles. The lowest BCUT2D eigenvalue weighted by Gasteiger charge is -2.50. The third kappa shape index (κ3) is 5.15. The average Bonchev–Trinajstić information content (AvgIpc) is 2.95. The number of nitrogens with zero attached hydrogens (tertiary/aromatic N) is 2. The third-order valence-electron chi connectivity index (χ3n) is 6.11. The van der Waals surface area contributed by atoms with Gasteiger partial charge in [0, 0.05) is 24.2 Å². The van der Waals surface area contributed by atoms with E-state index in [0.29, 0.717) is 5.02 Å². The first-order valence-electron chi connectivity index (χ1n) is 10.4. The Hall–Kier alpha value is -1.64. The van der Waals surface area contributed by atoms with Crippen molar-refractivity contribution < 1.29 is 18.0 Å². The zero-order valence-corrected chi connectivity index (χ0v) is 19.1. The first-order chi connectivity index (χ1) is 14.1. The molecule has 1 aliphatic heterocycles. The highest BCUT2D eigenvalue weighted by Crippen LogP contribution is 2.32. The van der Waals surface area contributed by atoms with Crippen LogP contribution in [0.15, 0.2) is 24.3 Å². The lowest BCUT2D eigenvalue weighted by atomic mass is 9.91. The van der Waals surface area contributed by atoms with Gasteiger partial charge in [-0.1, -0.05) is 49.4 Å². The zero-order valence-electron chi connectivity index (χ0n) is 17.6. The second kappa shape index (κ2) is 9.24. The Bertz CT molecular complexity index is 882. The van der Waals surface area contributed by atoms with Gasteiger partial charge in [-0.2, -0.15) is 4.31 Å². The lowest BCUT2D eigenvalue weighted by molar-refractivity contribution is -0.157. The molecule has 1 atom stereocenters. The topological polar surface area (TPSA) is 86.8 Å². The smallest absolute Gasteiger partial charge is 0.247 e. The summed E-state index contributed by atoms with van der Waals surface area (Å²) >= 11 is 5.92. The summed E-state index contributed by atoms with van der Waals surface area (Å²) in [5.74, 6) is -0.647. The van der Waals surface area contributed by atoms with E-state index >= 15 is 0 Å². The lowest BCUT2D eigenvalue weighted by Crippen LogP contribution is -2.71. The number of carbonyl (C=O) groups excluding carboxylic acids is 2. The Labute approximate surface area is 183 Å². The fraction of sp³-hybridized carbons (Fsp3) is 0.619. The maximum Gasteiger partial charge on any atom is 0.247 e. The van der Waals surface area contributed by atoms with E-state index in [0.717, 1.165) is 54.6 Å². The summed E-state index contributed by atoms with van der Waals surface area (Å²) in [4.78, 5) is 28.2. The summed E-state index contributed by atoms with van der Waals surface area (Å²) in [5, 5.41) is 3.52. The average molecular weight is 456 g/mol. The van der Waals surface area contributed by atoms with E-state index < -0.39 is 15.6 Å². The van der Waals surface area contributed by atoms with E-state index in [1.807, 2.05) is 12.1 Å². The molecule has 0 aromatic heterocycles. The van der Waals surface area contributed by atoms with Crippen LogP contribution in [0.25, 0.3) is 0 Å². The molecule has 1 aliphatic carbocycles. The van der Waals surface area contributed by atoms with Gasteiger partial charge in [0.2, 0.25) is 21.8 Å². The van der Waals surface area contributed by atoms with Crippen LogP contribution in [-0.4, -0.2) is 60.4 Å². The molecule has 1 aromatic carbocycles. The van der Waals surface area contributed by atoms with Crippen LogP contribution in [0.5, 0.6) is 0 Å². The second-order valence-corrected chi connectivity index (χ2v) is 10.9. The molecule has 30 heavy (non-hydrogen) atoms. The molecule has 1 N–H and O–H groups in total. The molecule has 7 nitrogen and oxygen atoms in total. The minimum atomic E-state index is -3.61. The summed E-state index contributed by atoms with van der Waals surface area (Å²) in [5.41, 5.74) is -0.390. The molecule has 2 fully saturated rings. The largest absolute Gasteiger partial charge is 0.350 e. The molecule has 0 radical (unpaired) electrons. The molecule has 1 aromatic rings. The predicted molar refractivity (Wildman–Crippen MR) is 116 cm³/mol. The van der Waals surface area contributed by atoms with Crippen LogP contribution in [-0.2, 0) is 26.2 Å². The number of hydrogen-bond donors (Lipinski definition) is 1. The fourth-order valence-corrected chi connectivity index (χ4v) is 5.45. The summed E-state index contributed by atoms with van der Waals surface area (Å²) in [7, 11) is -3.61. The SMILES string of the molecule is CC1(C(=O)NCc2ccc(Cl)cc2)CN(S(C)(=O)=O)CC(=O)N1C1CCCCCC1. The Morgan fingerprint density at radius 1 is 1.17 bits per heavy atom. The Kier molecular flexibility index (Phi) is 7.09. The van der Waals surface area contributed by atoms with Crippen LogP contribution in [0.2, 0.25) is 5.02 Å². The van der Waals surface area contributed by atoms with Crippen molar-refractivity contribution in [2.24, 2.45) is 0 Å². The summed E-state index contributed by atoms with van der Waals surface area (Å²) in [6.07, 6.45) is 7.00. The van der Waals surface area contributed by atoms with Crippen molar-refractivity contribution in [1.82, 2.24) is 14.5 Å². The predicted octanol–water partition coefficient (Wildman–Crippen LogP) is 2.54. The van der Waals surface area contributed by atoms with E-state index in [1.54, 1.807) is 24.0 Å². The number of halogens is 1. The number of sulfonamides is 1. The van der Waals surface area contributed by atoms with Crippen molar-refractivity contribution in [3.63, 3.8) is 0 Å². The number of nitrogens with one attached hydrogen (secondary N) is 1. The molecule has 3 rings (SSSR count). The van der Waals surface area contributed by atoms with Crippen molar-refractivity contribution >= 4 is 33.4 Å². The Balaban J connectivity index is 1.86. The summed E-state index contributed by atoms with van der Waals surface area (Å²) in [6, 6.07) is 7.09. The van der Waals surface area contributed by atoms with Gasteiger partial charge < -0.3 is 10.2 Å². The Morgan fingerprint density at radius 2 is 1.77 bits per heavy atom. The van der Waals surface area contributed by atoms with Gasteiger partial charge in [-0.3, -0.25) is 9.59 Å². The molecule has 166 valence electrons. The molecule has 1 saturated heterocycles. The van der Waals surface area contributed by atoms with Gasteiger partial charge in [-0.25, -0.2) is 8.42 Å². The molecule has 0 bridgehead atoms. The second-order valence-electron chi connectivity index (χ2n) is 8.52. The molecule has 2 aliphatic rings. The monoisotopic (exact) mass is 455 g/mol. The molecule has 2 amide bonds. The van der Waals surface area contributed by atoms with Gasteiger partial charge >= 0.3 is 0 Å². The molecule has 1 saturated carbocycles. The van der Waals surface area contributed by atoms with E-state index in [2.05, 4.69) is 5.32 Å². The molecular formula is C21H30ClN3O4S. The maximum absolute atomic E-state index is 13.4. The number of carbonyl (C=O) groups is 2. The van der Waals surface area contributed by atoms with Gasteiger partial charge in [-0.05, 0) is 37.5 Å². The van der Waals surface area contributed by atoms with Crippen LogP contribution in [0.3, 0.4) is 0 Å². The van der Waals surface area contributed by atoms with Crippen LogP contribution >= 0.6 is 11.6 Å². The maximum atomic E-state index is 13.4. The van der Waals surface area contributed by atoms with E-state index in [1.165, 1.54) is 0 Å². The first-order valence-corrected chi connectivity index (χ1v) is 12.6. The third-order valence-corrected chi connectivity index (χ3v) is 7.56. The molecule has 9 heteroatoms. The summed E-state index contributed by atoms with van der Waals surface area (Å²) < 4.78 is 25.5. The fourth-order valence-electron chi connectivity index (χ4n) is 4.49. The first kappa shape index (κ1) is 23.0. The van der Waals surface area contributed by atoms with Crippen LogP contribution < -0.4 is 5.32 Å². The summed E-state index contributed by atoms with van der Waals surface area (Å²) in [6.45, 7) is 1.71. The molecular weight excluding hydrogens is 426 g/mol. The van der Waals surface area contributed by atoms with Gasteiger partial charge in [0.05, 0.1) is 12.8 Å². The standard InChI is InChI=1S/C21H30ClN3O4S/c1-21(20(27)23-13-16-9-11-17(22)12-10-16)15-24(30(2,28)29)14-19(26)25(21)18-7-5-3-4-6-8-18/h9-12,18H,3-8,13-15H2,1-2H3,(H,23,27). The van der Waals surface area contributed by atoms with Crippen molar-refractivity contribution in [3.8, 4) is 0 Å². The number of benzene rings is 1. The normalized spacial score (nSPS) is 24.5. The van der Waals surface area contributed by atoms with E-state index in [4.69, 9.17) is 11.6 Å². The van der Waals surface area contributed by atoms with Crippen molar-refractivity contribution in [2.45, 2.75) is 63.6 Å². The van der Waals surface area contributed by atoms with Crippen LogP contribution in [0.4, 0.5) is 0 Å². The van der Waals surface area contributed by atoms with Crippen molar-refractivity contribution in [1.29, 1.82) is 0 Å². The highest BCUT2D eigenvalue weighted by Gasteiger charge is 2.51. The quantitative estimate of drug-likeness (QED) is 0.691. The van der Waals surface area contributed by atoms with Crippen LogP contribution in [0.1, 0.15) is 51.0 Å². The molecule has 1 unspecified atom stereocenters. The highest BCUT2D eigenvalue weighted by atomic mass is 35.5. The number of piperazine rings is 1. The van der Waals surface area contributed by atoms with E-state index in [-0.39, 0.29) is 37.5 Å². The number of rotatable bonds is 5. The zero-order chi connectivity index (χ0) is 21.9. The molecule has 0 spiro atoms. The highest BCUT2D eigenvalue weighted by molar-refractivity contribution is 7.88. The minimum absolute atomic E-state index is 0.0411. The van der Waals surface area contributed by atoms with Crippen molar-refractivity contribution in [3.05, 3.63) is 34.9 Å². The van der Waals surface area contributed by atoms with Crippen molar-refractivity contribution in [2.75, 3.05) is 19.3 Å². The number of amides is 2. The van der Waals surface area contributed by atoms with Gasteiger partial charge in [0.1, 0.15) is 5.54 Å². The van der Waals surface area contributed by atoms with Gasteiger partial charge in [-0.15, -0.1) is 0 Å².